The van der Waals surface area contributed by atoms with Crippen LogP contribution in [0.5, 0.6) is 5.75 Å². The van der Waals surface area contributed by atoms with Gasteiger partial charge in [0.2, 0.25) is 0 Å². The van der Waals surface area contributed by atoms with Crippen molar-refractivity contribution in [1.82, 2.24) is 0 Å². The fraction of sp³-hybridized carbons (Fsp3) is 0.480. The van der Waals surface area contributed by atoms with Crippen molar-refractivity contribution in [1.29, 1.82) is 0 Å². The molecule has 4 heteroatoms. The second kappa shape index (κ2) is 7.17. The average Bonchev–Trinajstić information content (AvgIpc) is 2.67. The second-order valence-corrected chi connectivity index (χ2v) is 9.30. The molecule has 0 amide bonds. The highest BCUT2D eigenvalue weighted by atomic mass is 16.5. The summed E-state index contributed by atoms with van der Waals surface area (Å²) in [5.41, 5.74) is 3.37. The molecule has 0 bridgehead atoms. The van der Waals surface area contributed by atoms with Gasteiger partial charge >= 0.3 is 5.97 Å². The highest BCUT2D eigenvalue weighted by molar-refractivity contribution is 5.88. The number of carboxylic acids is 1. The Hall–Kier alpha value is -2.33. The standard InChI is InChI=1S/C25H30O4/c1-14(2)16-6-8-17(9-7-16)19-13-21-23(28-15(19)3)20-12-18(24(26)27)10-11-22(20)29-25(21,4)5/h6-12,14-15,19,21,23H,13H2,1-5H3,(H,26,27)/t15-,19-,21-,23+/m0/s1. The monoisotopic (exact) mass is 394 g/mol. The molecule has 0 saturated carbocycles. The Morgan fingerprint density at radius 2 is 1.83 bits per heavy atom. The van der Waals surface area contributed by atoms with Crippen molar-refractivity contribution < 1.29 is 19.4 Å². The van der Waals surface area contributed by atoms with Gasteiger partial charge in [-0.15, -0.1) is 0 Å². The number of rotatable bonds is 3. The van der Waals surface area contributed by atoms with E-state index in [2.05, 4.69) is 58.9 Å². The first kappa shape index (κ1) is 20.0. The van der Waals surface area contributed by atoms with Crippen molar-refractivity contribution in [2.45, 2.75) is 70.7 Å². The number of carbonyl (C=O) groups is 1. The summed E-state index contributed by atoms with van der Waals surface area (Å²) in [6, 6.07) is 14.0. The minimum atomic E-state index is -0.929. The van der Waals surface area contributed by atoms with Gasteiger partial charge < -0.3 is 14.6 Å². The van der Waals surface area contributed by atoms with Crippen LogP contribution in [-0.2, 0) is 4.74 Å². The van der Waals surface area contributed by atoms with E-state index in [1.807, 2.05) is 0 Å². The van der Waals surface area contributed by atoms with Crippen LogP contribution in [0.15, 0.2) is 42.5 Å². The zero-order valence-electron chi connectivity index (χ0n) is 17.8. The van der Waals surface area contributed by atoms with E-state index in [0.717, 1.165) is 17.7 Å². The molecule has 2 aromatic carbocycles. The number of ether oxygens (including phenoxy) is 2. The van der Waals surface area contributed by atoms with Crippen LogP contribution in [0.2, 0.25) is 0 Å². The van der Waals surface area contributed by atoms with Crippen molar-refractivity contribution in [3.05, 3.63) is 64.7 Å². The van der Waals surface area contributed by atoms with Crippen LogP contribution < -0.4 is 4.74 Å². The molecular weight excluding hydrogens is 364 g/mol. The summed E-state index contributed by atoms with van der Waals surface area (Å²) in [7, 11) is 0. The fourth-order valence-electron chi connectivity index (χ4n) is 4.84. The Morgan fingerprint density at radius 1 is 1.14 bits per heavy atom. The molecule has 2 aromatic rings. The van der Waals surface area contributed by atoms with Gasteiger partial charge in [-0.3, -0.25) is 0 Å². The molecule has 0 radical (unpaired) electrons. The van der Waals surface area contributed by atoms with Gasteiger partial charge in [-0.25, -0.2) is 4.79 Å². The largest absolute Gasteiger partial charge is 0.487 e. The summed E-state index contributed by atoms with van der Waals surface area (Å²) >= 11 is 0. The van der Waals surface area contributed by atoms with Gasteiger partial charge in [0.1, 0.15) is 11.4 Å². The van der Waals surface area contributed by atoms with E-state index < -0.39 is 11.6 Å². The van der Waals surface area contributed by atoms with Crippen LogP contribution in [0.3, 0.4) is 0 Å². The van der Waals surface area contributed by atoms with Crippen LogP contribution in [0.4, 0.5) is 0 Å². The predicted octanol–water partition coefficient (Wildman–Crippen LogP) is 5.93. The van der Waals surface area contributed by atoms with Gasteiger partial charge in [0.15, 0.2) is 0 Å². The molecule has 0 aliphatic carbocycles. The molecule has 2 aliphatic rings. The van der Waals surface area contributed by atoms with Crippen molar-refractivity contribution in [3.8, 4) is 5.75 Å². The van der Waals surface area contributed by atoms with Gasteiger partial charge in [0.05, 0.1) is 17.8 Å². The number of hydrogen-bond donors (Lipinski definition) is 1. The summed E-state index contributed by atoms with van der Waals surface area (Å²) in [5.74, 6) is 0.739. The highest BCUT2D eigenvalue weighted by Gasteiger charge is 2.50. The molecule has 0 spiro atoms. The lowest BCUT2D eigenvalue weighted by molar-refractivity contribution is -0.153. The maximum absolute atomic E-state index is 11.5. The number of carboxylic acid groups (broad SMARTS) is 1. The quantitative estimate of drug-likeness (QED) is 0.701. The summed E-state index contributed by atoms with van der Waals surface area (Å²) in [6.45, 7) is 10.8. The third kappa shape index (κ3) is 3.55. The fourth-order valence-corrected chi connectivity index (χ4v) is 4.84. The van der Waals surface area contributed by atoms with Crippen molar-refractivity contribution in [2.75, 3.05) is 0 Å². The van der Waals surface area contributed by atoms with Gasteiger partial charge in [0, 0.05) is 17.4 Å². The Morgan fingerprint density at radius 3 is 2.45 bits per heavy atom. The SMILES string of the molecule is CC(C)c1ccc([C@H]2C[C@H]3[C@H](O[C@H]2C)c2cc(C(=O)O)ccc2OC3(C)C)cc1. The molecule has 1 fully saturated rings. The summed E-state index contributed by atoms with van der Waals surface area (Å²) in [4.78, 5) is 11.5. The van der Waals surface area contributed by atoms with E-state index in [0.29, 0.717) is 5.92 Å². The Bertz CT molecular complexity index is 913. The van der Waals surface area contributed by atoms with E-state index in [9.17, 15) is 9.90 Å². The number of benzene rings is 2. The Kier molecular flexibility index (Phi) is 4.94. The third-order valence-electron chi connectivity index (χ3n) is 6.66. The molecule has 4 nitrogen and oxygen atoms in total. The lowest BCUT2D eigenvalue weighted by Gasteiger charge is -2.50. The van der Waals surface area contributed by atoms with Gasteiger partial charge in [0.25, 0.3) is 0 Å². The first-order chi connectivity index (χ1) is 13.7. The average molecular weight is 395 g/mol. The first-order valence-electron chi connectivity index (χ1n) is 10.5. The lowest BCUT2D eigenvalue weighted by atomic mass is 9.70. The molecule has 2 aliphatic heterocycles. The van der Waals surface area contributed by atoms with Crippen LogP contribution in [0, 0.1) is 5.92 Å². The van der Waals surface area contributed by atoms with E-state index in [1.54, 1.807) is 18.2 Å². The van der Waals surface area contributed by atoms with Crippen molar-refractivity contribution in [3.63, 3.8) is 0 Å². The second-order valence-electron chi connectivity index (χ2n) is 9.30. The molecule has 0 unspecified atom stereocenters. The van der Waals surface area contributed by atoms with Crippen molar-refractivity contribution >= 4 is 5.97 Å². The van der Waals surface area contributed by atoms with E-state index in [-0.39, 0.29) is 29.6 Å². The minimum absolute atomic E-state index is 0.0383. The molecule has 4 atom stereocenters. The molecule has 29 heavy (non-hydrogen) atoms. The lowest BCUT2D eigenvalue weighted by Crippen LogP contribution is -2.50. The topological polar surface area (TPSA) is 55.8 Å². The van der Waals surface area contributed by atoms with E-state index in [4.69, 9.17) is 9.47 Å². The van der Waals surface area contributed by atoms with E-state index >= 15 is 0 Å². The summed E-state index contributed by atoms with van der Waals surface area (Å²) < 4.78 is 12.9. The van der Waals surface area contributed by atoms with Crippen molar-refractivity contribution in [2.24, 2.45) is 5.92 Å². The summed E-state index contributed by atoms with van der Waals surface area (Å²) in [5, 5.41) is 9.41. The molecule has 0 aromatic heterocycles. The van der Waals surface area contributed by atoms with Gasteiger partial charge in [-0.2, -0.15) is 0 Å². The molecule has 154 valence electrons. The van der Waals surface area contributed by atoms with Crippen LogP contribution in [0.25, 0.3) is 0 Å². The smallest absolute Gasteiger partial charge is 0.335 e. The number of aromatic carboxylic acids is 1. The molecule has 1 N–H and O–H groups in total. The molecule has 2 heterocycles. The predicted molar refractivity (Wildman–Crippen MR) is 113 cm³/mol. The molecule has 1 saturated heterocycles. The molecular formula is C25H30O4. The number of fused-ring (bicyclic) bond motifs is 3. The number of hydrogen-bond acceptors (Lipinski definition) is 3. The Balaban J connectivity index is 1.68. The third-order valence-corrected chi connectivity index (χ3v) is 6.66. The summed E-state index contributed by atoms with van der Waals surface area (Å²) in [6.07, 6.45) is 0.821. The maximum Gasteiger partial charge on any atom is 0.335 e. The maximum atomic E-state index is 11.5. The normalized spacial score (nSPS) is 27.7. The van der Waals surface area contributed by atoms with Gasteiger partial charge in [-0.05, 0) is 62.4 Å². The van der Waals surface area contributed by atoms with Gasteiger partial charge in [-0.1, -0.05) is 38.1 Å². The highest BCUT2D eigenvalue weighted by Crippen LogP contribution is 2.53. The van der Waals surface area contributed by atoms with Crippen LogP contribution in [0.1, 0.15) is 86.0 Å². The Labute approximate surface area is 172 Å². The zero-order valence-corrected chi connectivity index (χ0v) is 17.8. The molecule has 4 rings (SSSR count). The zero-order chi connectivity index (χ0) is 20.9. The van der Waals surface area contributed by atoms with Crippen LogP contribution >= 0.6 is 0 Å². The van der Waals surface area contributed by atoms with Crippen LogP contribution in [-0.4, -0.2) is 22.8 Å². The van der Waals surface area contributed by atoms with E-state index in [1.165, 1.54) is 11.1 Å². The first-order valence-corrected chi connectivity index (χ1v) is 10.5. The minimum Gasteiger partial charge on any atom is -0.487 e.